The Hall–Kier alpha value is -3.51. The number of nitrogens with zero attached hydrogens (tertiary/aromatic N) is 7. The van der Waals surface area contributed by atoms with E-state index < -0.39 is 27.2 Å². The van der Waals surface area contributed by atoms with Crippen molar-refractivity contribution in [1.29, 1.82) is 0 Å². The molecule has 1 aliphatic rings. The zero-order valence-electron chi connectivity index (χ0n) is 22.9. The molecule has 3 aromatic heterocycles. The number of likely N-dealkylation sites (tertiary alicyclic amines) is 1. The lowest BCUT2D eigenvalue weighted by atomic mass is 10.0. The van der Waals surface area contributed by atoms with Crippen LogP contribution in [0.2, 0.25) is 0 Å². The topological polar surface area (TPSA) is 97.1 Å². The summed E-state index contributed by atoms with van der Waals surface area (Å²) in [5.74, 6) is -1.84. The molecule has 0 N–H and O–H groups in total. The van der Waals surface area contributed by atoms with Crippen LogP contribution in [0.1, 0.15) is 38.7 Å². The second-order valence-corrected chi connectivity index (χ2v) is 12.4. The van der Waals surface area contributed by atoms with E-state index in [-0.39, 0.29) is 23.0 Å². The number of hydrogen-bond donors (Lipinski definition) is 0. The van der Waals surface area contributed by atoms with Crippen LogP contribution in [-0.4, -0.2) is 76.3 Å². The molecule has 0 aliphatic carbocycles. The smallest absolute Gasteiger partial charge is 0.225 e. The minimum Gasteiger partial charge on any atom is -0.341 e. The first-order chi connectivity index (χ1) is 19.2. The van der Waals surface area contributed by atoms with Crippen molar-refractivity contribution in [3.8, 4) is 16.8 Å². The van der Waals surface area contributed by atoms with Crippen molar-refractivity contribution in [2.45, 2.75) is 44.9 Å². The summed E-state index contributed by atoms with van der Waals surface area (Å²) in [5.41, 5.74) is 1.60. The van der Waals surface area contributed by atoms with Gasteiger partial charge in [0, 0.05) is 61.5 Å². The van der Waals surface area contributed by atoms with Gasteiger partial charge >= 0.3 is 0 Å². The van der Waals surface area contributed by atoms with Crippen LogP contribution in [0, 0.1) is 11.6 Å². The third-order valence-corrected chi connectivity index (χ3v) is 9.33. The molecule has 1 saturated heterocycles. The van der Waals surface area contributed by atoms with Crippen molar-refractivity contribution in [1.82, 2.24) is 29.4 Å². The summed E-state index contributed by atoms with van der Waals surface area (Å²) in [6, 6.07) is 2.55. The highest BCUT2D eigenvalue weighted by Gasteiger charge is 2.26. The number of piperidine rings is 1. The molecule has 0 atom stereocenters. The second-order valence-electron chi connectivity index (χ2n) is 10.2. The van der Waals surface area contributed by atoms with Gasteiger partial charge in [0.2, 0.25) is 5.95 Å². The molecule has 12 heteroatoms. The Kier molecular flexibility index (Phi) is 8.09. The van der Waals surface area contributed by atoms with Crippen LogP contribution in [-0.2, 0) is 15.6 Å². The Morgan fingerprint density at radius 1 is 1.07 bits per heavy atom. The molecule has 40 heavy (non-hydrogen) atoms. The molecule has 0 bridgehead atoms. The van der Waals surface area contributed by atoms with Crippen molar-refractivity contribution in [3.05, 3.63) is 60.4 Å². The zero-order chi connectivity index (χ0) is 28.4. The SMILES string of the molecule is CCCS(=O)(=O)Cc1ccc(F)c(-n2cc(-c3cncnc3)c3nc(N(C)C4CCN(CC)CC4)ncc32)c1F. The summed E-state index contributed by atoms with van der Waals surface area (Å²) in [7, 11) is -1.58. The number of hydrogen-bond acceptors (Lipinski definition) is 8. The van der Waals surface area contributed by atoms with Gasteiger partial charge in [-0.25, -0.2) is 37.1 Å². The van der Waals surface area contributed by atoms with Gasteiger partial charge in [0.15, 0.2) is 15.7 Å². The summed E-state index contributed by atoms with van der Waals surface area (Å²) in [5, 5.41) is 0. The van der Waals surface area contributed by atoms with Gasteiger partial charge in [-0.1, -0.05) is 19.9 Å². The lowest BCUT2D eigenvalue weighted by Crippen LogP contribution is -2.43. The van der Waals surface area contributed by atoms with Gasteiger partial charge in [-0.05, 0) is 31.9 Å². The minimum absolute atomic E-state index is 0.0780. The molecule has 4 aromatic rings. The average Bonchev–Trinajstić information content (AvgIpc) is 3.33. The fraction of sp³-hybridized carbons (Fsp3) is 0.429. The molecular weight excluding hydrogens is 536 g/mol. The first-order valence-corrected chi connectivity index (χ1v) is 15.3. The summed E-state index contributed by atoms with van der Waals surface area (Å²) < 4.78 is 57.3. The molecule has 9 nitrogen and oxygen atoms in total. The van der Waals surface area contributed by atoms with Crippen LogP contribution < -0.4 is 4.90 Å². The van der Waals surface area contributed by atoms with Crippen LogP contribution in [0.4, 0.5) is 14.7 Å². The second kappa shape index (κ2) is 11.5. The van der Waals surface area contributed by atoms with Gasteiger partial charge in [0.05, 0.1) is 23.2 Å². The van der Waals surface area contributed by atoms with Gasteiger partial charge in [-0.15, -0.1) is 0 Å². The highest BCUT2D eigenvalue weighted by Crippen LogP contribution is 2.34. The third kappa shape index (κ3) is 5.55. The standard InChI is InChI=1S/C28H33F2N7O2S/c1-4-12-40(38,39)17-19-6-7-23(29)27(25(19)30)37-16-22(20-13-31-18-32-14-20)26-24(37)15-33-28(34-26)35(3)21-8-10-36(5-2)11-9-21/h6-7,13-16,18,21H,4-5,8-12,17H2,1-3H3. The molecule has 1 aromatic carbocycles. The normalized spacial score (nSPS) is 15.1. The van der Waals surface area contributed by atoms with Crippen LogP contribution in [0.3, 0.4) is 0 Å². The van der Waals surface area contributed by atoms with E-state index in [4.69, 9.17) is 4.98 Å². The van der Waals surface area contributed by atoms with E-state index in [1.165, 1.54) is 17.0 Å². The number of halogens is 2. The minimum atomic E-state index is -3.55. The summed E-state index contributed by atoms with van der Waals surface area (Å²) in [6.45, 7) is 6.92. The summed E-state index contributed by atoms with van der Waals surface area (Å²) in [4.78, 5) is 22.1. The lowest BCUT2D eigenvalue weighted by molar-refractivity contribution is 0.220. The molecule has 0 unspecified atom stereocenters. The predicted octanol–water partition coefficient (Wildman–Crippen LogP) is 4.40. The largest absolute Gasteiger partial charge is 0.341 e. The van der Waals surface area contributed by atoms with Gasteiger partial charge in [0.1, 0.15) is 23.3 Å². The van der Waals surface area contributed by atoms with E-state index in [2.05, 4.69) is 31.7 Å². The molecule has 1 aliphatic heterocycles. The van der Waals surface area contributed by atoms with Crippen molar-refractivity contribution in [3.63, 3.8) is 0 Å². The number of aromatic nitrogens is 5. The maximum Gasteiger partial charge on any atom is 0.225 e. The van der Waals surface area contributed by atoms with E-state index in [9.17, 15) is 8.42 Å². The van der Waals surface area contributed by atoms with Crippen molar-refractivity contribution in [2.24, 2.45) is 0 Å². The Morgan fingerprint density at radius 3 is 2.48 bits per heavy atom. The molecule has 0 spiro atoms. The van der Waals surface area contributed by atoms with E-state index in [1.807, 2.05) is 7.05 Å². The van der Waals surface area contributed by atoms with Crippen LogP contribution >= 0.6 is 0 Å². The molecule has 212 valence electrons. The highest BCUT2D eigenvalue weighted by atomic mass is 32.2. The van der Waals surface area contributed by atoms with Gasteiger partial charge in [0.25, 0.3) is 0 Å². The zero-order valence-corrected chi connectivity index (χ0v) is 23.7. The van der Waals surface area contributed by atoms with Gasteiger partial charge < -0.3 is 14.4 Å². The Balaban J connectivity index is 1.62. The molecular formula is C28H33F2N7O2S. The van der Waals surface area contributed by atoms with E-state index >= 15 is 8.78 Å². The Morgan fingerprint density at radius 2 is 1.80 bits per heavy atom. The van der Waals surface area contributed by atoms with Gasteiger partial charge in [-0.2, -0.15) is 0 Å². The lowest BCUT2D eigenvalue weighted by Gasteiger charge is -2.36. The van der Waals surface area contributed by atoms with Crippen LogP contribution in [0.5, 0.6) is 0 Å². The van der Waals surface area contributed by atoms with Crippen molar-refractivity contribution < 1.29 is 17.2 Å². The molecule has 0 radical (unpaired) electrons. The Labute approximate surface area is 232 Å². The number of sulfone groups is 1. The first kappa shape index (κ1) is 28.0. The van der Waals surface area contributed by atoms with Crippen molar-refractivity contribution >= 4 is 26.8 Å². The average molecular weight is 570 g/mol. The molecule has 5 rings (SSSR count). The van der Waals surface area contributed by atoms with E-state index in [0.29, 0.717) is 34.5 Å². The highest BCUT2D eigenvalue weighted by molar-refractivity contribution is 7.90. The van der Waals surface area contributed by atoms with E-state index in [1.54, 1.807) is 31.7 Å². The number of fused-ring (bicyclic) bond motifs is 1. The first-order valence-electron chi connectivity index (χ1n) is 13.5. The monoisotopic (exact) mass is 569 g/mol. The fourth-order valence-corrected chi connectivity index (χ4v) is 6.79. The quantitative estimate of drug-likeness (QED) is 0.293. The molecule has 4 heterocycles. The molecule has 1 fully saturated rings. The molecule has 0 saturated carbocycles. The molecule has 0 amide bonds. The van der Waals surface area contributed by atoms with E-state index in [0.717, 1.165) is 38.5 Å². The Bertz CT molecular complexity index is 1600. The maximum absolute atomic E-state index is 15.8. The number of rotatable bonds is 9. The maximum atomic E-state index is 15.8. The van der Waals surface area contributed by atoms with Gasteiger partial charge in [-0.3, -0.25) is 0 Å². The predicted molar refractivity (Wildman–Crippen MR) is 151 cm³/mol. The van der Waals surface area contributed by atoms with Crippen LogP contribution in [0.25, 0.3) is 27.8 Å². The number of benzene rings is 1. The summed E-state index contributed by atoms with van der Waals surface area (Å²) in [6.07, 6.45) is 10.1. The third-order valence-electron chi connectivity index (χ3n) is 7.55. The fourth-order valence-electron chi connectivity index (χ4n) is 5.33. The van der Waals surface area contributed by atoms with Crippen LogP contribution in [0.15, 0.2) is 43.2 Å². The summed E-state index contributed by atoms with van der Waals surface area (Å²) >= 11 is 0. The number of anilines is 1. The van der Waals surface area contributed by atoms with Crippen molar-refractivity contribution in [2.75, 3.05) is 37.3 Å².